The van der Waals surface area contributed by atoms with Gasteiger partial charge in [0.15, 0.2) is 11.9 Å². The summed E-state index contributed by atoms with van der Waals surface area (Å²) in [7, 11) is 2.03. The van der Waals surface area contributed by atoms with Crippen molar-refractivity contribution in [2.24, 2.45) is 7.05 Å². The van der Waals surface area contributed by atoms with E-state index in [9.17, 15) is 4.79 Å². The van der Waals surface area contributed by atoms with Crippen LogP contribution in [0.2, 0.25) is 0 Å². The molecule has 0 saturated heterocycles. The van der Waals surface area contributed by atoms with Crippen molar-refractivity contribution in [3.05, 3.63) is 90.3 Å². The van der Waals surface area contributed by atoms with Gasteiger partial charge in [-0.1, -0.05) is 54.6 Å². The van der Waals surface area contributed by atoms with Crippen molar-refractivity contribution in [1.29, 1.82) is 0 Å². The van der Waals surface area contributed by atoms with Crippen LogP contribution in [0.3, 0.4) is 0 Å². The fourth-order valence-electron chi connectivity index (χ4n) is 3.58. The van der Waals surface area contributed by atoms with Gasteiger partial charge >= 0.3 is 0 Å². The van der Waals surface area contributed by atoms with E-state index in [4.69, 9.17) is 0 Å². The zero-order chi connectivity index (χ0) is 18.1. The van der Waals surface area contributed by atoms with Crippen molar-refractivity contribution in [2.45, 2.75) is 13.5 Å². The van der Waals surface area contributed by atoms with Crippen LogP contribution in [0.1, 0.15) is 16.1 Å². The number of benzene rings is 2. The number of carbonyl (C=O) groups excluding carboxylic acids is 1. The highest BCUT2D eigenvalue weighted by molar-refractivity contribution is 6.13. The first kappa shape index (κ1) is 16.3. The van der Waals surface area contributed by atoms with E-state index < -0.39 is 0 Å². The molecular weight excluding hydrogens is 320 g/mol. The molecular formula is C23H21N2O+. The van der Waals surface area contributed by atoms with Gasteiger partial charge in [0, 0.05) is 37.0 Å². The van der Waals surface area contributed by atoms with Gasteiger partial charge in [0.05, 0.1) is 11.3 Å². The summed E-state index contributed by atoms with van der Waals surface area (Å²) in [5, 5.41) is 1.01. The number of rotatable bonds is 4. The third-order valence-corrected chi connectivity index (χ3v) is 4.91. The van der Waals surface area contributed by atoms with Gasteiger partial charge in [-0.15, -0.1) is 0 Å². The number of fused-ring (bicyclic) bond motifs is 1. The lowest BCUT2D eigenvalue weighted by atomic mass is 10.0. The summed E-state index contributed by atoms with van der Waals surface area (Å²) in [6.07, 6.45) is 1.96. The van der Waals surface area contributed by atoms with Crippen molar-refractivity contribution in [2.75, 3.05) is 0 Å². The molecule has 0 N–H and O–H groups in total. The Morgan fingerprint density at radius 2 is 1.62 bits per heavy atom. The Morgan fingerprint density at radius 1 is 0.923 bits per heavy atom. The zero-order valence-corrected chi connectivity index (χ0v) is 15.0. The van der Waals surface area contributed by atoms with Gasteiger partial charge in [0.2, 0.25) is 12.3 Å². The molecule has 2 heterocycles. The Hall–Kier alpha value is -3.20. The van der Waals surface area contributed by atoms with Crippen LogP contribution in [0, 0.1) is 6.92 Å². The van der Waals surface area contributed by atoms with Crippen molar-refractivity contribution in [3.63, 3.8) is 0 Å². The normalized spacial score (nSPS) is 11.0. The smallest absolute Gasteiger partial charge is 0.230 e. The number of aryl methyl sites for hydroxylation is 2. The predicted octanol–water partition coefficient (Wildman–Crippen LogP) is 4.32. The highest BCUT2D eigenvalue weighted by Crippen LogP contribution is 2.33. The van der Waals surface area contributed by atoms with Gasteiger partial charge in [-0.2, -0.15) is 4.57 Å². The van der Waals surface area contributed by atoms with E-state index >= 15 is 0 Å². The summed E-state index contributed by atoms with van der Waals surface area (Å²) >= 11 is 0. The second kappa shape index (κ2) is 6.60. The van der Waals surface area contributed by atoms with Gasteiger partial charge in [0.25, 0.3) is 0 Å². The van der Waals surface area contributed by atoms with E-state index in [2.05, 4.69) is 22.8 Å². The third-order valence-electron chi connectivity index (χ3n) is 4.91. The lowest BCUT2D eigenvalue weighted by Crippen LogP contribution is -2.40. The first-order valence-corrected chi connectivity index (χ1v) is 8.78. The minimum Gasteiger partial charge on any atom is -0.343 e. The molecule has 4 rings (SSSR count). The summed E-state index contributed by atoms with van der Waals surface area (Å²) in [5.41, 5.74) is 4.98. The van der Waals surface area contributed by atoms with E-state index in [0.717, 1.165) is 33.4 Å². The molecule has 0 atom stereocenters. The maximum Gasteiger partial charge on any atom is 0.230 e. The lowest BCUT2D eigenvalue weighted by molar-refractivity contribution is -0.689. The van der Waals surface area contributed by atoms with Gasteiger partial charge in [-0.3, -0.25) is 4.79 Å². The number of ketones is 1. The topological polar surface area (TPSA) is 25.9 Å². The van der Waals surface area contributed by atoms with E-state index in [1.165, 1.54) is 0 Å². The largest absolute Gasteiger partial charge is 0.343 e. The second-order valence-electron chi connectivity index (χ2n) is 6.56. The molecule has 3 heteroatoms. The number of Topliss-reactive ketones (excluding diaryl/α,β-unsaturated/α-hetero) is 1. The lowest BCUT2D eigenvalue weighted by Gasteiger charge is -2.07. The van der Waals surface area contributed by atoms with E-state index in [1.54, 1.807) is 0 Å². The van der Waals surface area contributed by atoms with Crippen LogP contribution in [0.25, 0.3) is 22.2 Å². The number of pyridine rings is 1. The third kappa shape index (κ3) is 2.72. The Morgan fingerprint density at radius 3 is 2.38 bits per heavy atom. The quantitative estimate of drug-likeness (QED) is 0.401. The number of carbonyl (C=O) groups is 1. The standard InChI is InChI=1S/C23H21N2O/c1-17-10-8-9-15-25(17)16-21(26)22-19-13-6-7-14-20(19)24(2)23(22)18-11-4-3-5-12-18/h3-15H,16H2,1-2H3/q+1. The molecule has 0 fully saturated rings. The summed E-state index contributed by atoms with van der Waals surface area (Å²) in [6, 6.07) is 24.2. The summed E-state index contributed by atoms with van der Waals surface area (Å²) in [4.78, 5) is 13.4. The predicted molar refractivity (Wildman–Crippen MR) is 104 cm³/mol. The Balaban J connectivity index is 1.91. The summed E-state index contributed by atoms with van der Waals surface area (Å²) in [5.74, 6) is 0.125. The Labute approximate surface area is 153 Å². The molecule has 0 unspecified atom stereocenters. The molecule has 4 aromatic rings. The fourth-order valence-corrected chi connectivity index (χ4v) is 3.58. The molecule has 0 aliphatic heterocycles. The molecule has 2 aromatic carbocycles. The summed E-state index contributed by atoms with van der Waals surface area (Å²) < 4.78 is 4.12. The van der Waals surface area contributed by atoms with Crippen molar-refractivity contribution in [1.82, 2.24) is 4.57 Å². The zero-order valence-electron chi connectivity index (χ0n) is 15.0. The van der Waals surface area contributed by atoms with Crippen molar-refractivity contribution >= 4 is 16.7 Å². The van der Waals surface area contributed by atoms with Gasteiger partial charge in [-0.25, -0.2) is 0 Å². The van der Waals surface area contributed by atoms with E-state index in [0.29, 0.717) is 6.54 Å². The molecule has 0 radical (unpaired) electrons. The molecule has 0 amide bonds. The minimum absolute atomic E-state index is 0.125. The number of hydrogen-bond donors (Lipinski definition) is 0. The minimum atomic E-state index is 0.125. The highest BCUT2D eigenvalue weighted by Gasteiger charge is 2.24. The summed E-state index contributed by atoms with van der Waals surface area (Å²) in [6.45, 7) is 2.36. The number of hydrogen-bond acceptors (Lipinski definition) is 1. The number of para-hydroxylation sites is 1. The first-order valence-electron chi connectivity index (χ1n) is 8.78. The molecule has 0 bridgehead atoms. The average Bonchev–Trinajstić information content (AvgIpc) is 2.97. The molecule has 0 spiro atoms. The number of aromatic nitrogens is 2. The monoisotopic (exact) mass is 341 g/mol. The van der Waals surface area contributed by atoms with Crippen LogP contribution in [0.15, 0.2) is 79.0 Å². The maximum absolute atomic E-state index is 13.4. The Kier molecular flexibility index (Phi) is 4.13. The molecule has 3 nitrogen and oxygen atoms in total. The van der Waals surface area contributed by atoms with Crippen molar-refractivity contribution < 1.29 is 9.36 Å². The van der Waals surface area contributed by atoms with E-state index in [-0.39, 0.29) is 5.78 Å². The maximum atomic E-state index is 13.4. The van der Waals surface area contributed by atoms with Crippen LogP contribution >= 0.6 is 0 Å². The second-order valence-corrected chi connectivity index (χ2v) is 6.56. The van der Waals surface area contributed by atoms with Gasteiger partial charge in [-0.05, 0) is 11.6 Å². The SMILES string of the molecule is Cc1cccc[n+]1CC(=O)c1c(-c2ccccc2)n(C)c2ccccc12. The van der Waals surface area contributed by atoms with Crippen LogP contribution in [0.5, 0.6) is 0 Å². The van der Waals surface area contributed by atoms with Gasteiger partial charge < -0.3 is 4.57 Å². The number of nitrogens with zero attached hydrogens (tertiary/aromatic N) is 2. The molecule has 0 aliphatic rings. The van der Waals surface area contributed by atoms with Crippen LogP contribution in [0.4, 0.5) is 0 Å². The molecule has 128 valence electrons. The van der Waals surface area contributed by atoms with Gasteiger partial charge in [0.1, 0.15) is 0 Å². The Bertz CT molecular complexity index is 1090. The molecule has 26 heavy (non-hydrogen) atoms. The van der Waals surface area contributed by atoms with Crippen molar-refractivity contribution in [3.8, 4) is 11.3 Å². The molecule has 0 saturated carbocycles. The van der Waals surface area contributed by atoms with Crippen LogP contribution in [-0.4, -0.2) is 10.4 Å². The van der Waals surface area contributed by atoms with Crippen LogP contribution < -0.4 is 4.57 Å². The highest BCUT2D eigenvalue weighted by atomic mass is 16.1. The van der Waals surface area contributed by atoms with Crippen LogP contribution in [-0.2, 0) is 13.6 Å². The first-order chi connectivity index (χ1) is 12.7. The molecule has 0 aliphatic carbocycles. The molecule has 2 aromatic heterocycles. The van der Waals surface area contributed by atoms with E-state index in [1.807, 2.05) is 79.3 Å². The average molecular weight is 341 g/mol. The fraction of sp³-hybridized carbons (Fsp3) is 0.130.